The molecule has 1 N–H and O–H groups in total. The Labute approximate surface area is 169 Å². The van der Waals surface area contributed by atoms with Gasteiger partial charge in [-0.2, -0.15) is 4.98 Å². The average Bonchev–Trinajstić information content (AvgIpc) is 3.24. The molecule has 0 radical (unpaired) electrons. The van der Waals surface area contributed by atoms with Crippen molar-refractivity contribution in [3.05, 3.63) is 77.9 Å². The summed E-state index contributed by atoms with van der Waals surface area (Å²) in [5.41, 5.74) is 1.85. The molecule has 0 aliphatic carbocycles. The molecule has 1 aliphatic rings. The third-order valence-electron chi connectivity index (χ3n) is 4.91. The van der Waals surface area contributed by atoms with Crippen LogP contribution in [0.3, 0.4) is 0 Å². The molecule has 2 aromatic carbocycles. The van der Waals surface area contributed by atoms with Crippen molar-refractivity contribution in [3.63, 3.8) is 0 Å². The van der Waals surface area contributed by atoms with Crippen LogP contribution in [0.2, 0.25) is 0 Å². The normalized spacial score (nSPS) is 16.6. The van der Waals surface area contributed by atoms with E-state index in [0.717, 1.165) is 30.5 Å². The summed E-state index contributed by atoms with van der Waals surface area (Å²) in [5, 5.41) is 7.06. The molecule has 0 spiro atoms. The van der Waals surface area contributed by atoms with Crippen molar-refractivity contribution >= 4 is 11.7 Å². The van der Waals surface area contributed by atoms with Crippen LogP contribution in [0.1, 0.15) is 42.6 Å². The minimum absolute atomic E-state index is 0.146. The first-order chi connectivity index (χ1) is 14.3. The molecule has 4 rings (SSSR count). The number of ether oxygens (including phenoxy) is 1. The second kappa shape index (κ2) is 9.34. The number of carbonyl (C=O) groups is 1. The monoisotopic (exact) mass is 392 g/mol. The molecule has 1 saturated heterocycles. The highest BCUT2D eigenvalue weighted by Crippen LogP contribution is 2.30. The molecule has 1 unspecified atom stereocenters. The number of hydrogen-bond acceptors (Lipinski definition) is 5. The molecular weight excluding hydrogens is 368 g/mol. The van der Waals surface area contributed by atoms with Gasteiger partial charge in [-0.05, 0) is 37.0 Å². The van der Waals surface area contributed by atoms with E-state index in [-0.39, 0.29) is 18.7 Å². The van der Waals surface area contributed by atoms with Gasteiger partial charge in [0.1, 0.15) is 6.61 Å². The average molecular weight is 392 g/mol. The third-order valence-corrected chi connectivity index (χ3v) is 4.91. The van der Waals surface area contributed by atoms with Crippen molar-refractivity contribution in [2.24, 2.45) is 0 Å². The molecule has 2 amide bonds. The first-order valence-electron chi connectivity index (χ1n) is 9.86. The van der Waals surface area contributed by atoms with Gasteiger partial charge in [-0.3, -0.25) is 0 Å². The lowest BCUT2D eigenvalue weighted by atomic mass is 10.0. The maximum absolute atomic E-state index is 12.8. The lowest BCUT2D eigenvalue weighted by molar-refractivity contribution is 0.0850. The summed E-state index contributed by atoms with van der Waals surface area (Å²) < 4.78 is 11.0. The molecule has 3 aromatic rings. The number of aromatic nitrogens is 2. The number of likely N-dealkylation sites (tertiary alicyclic amines) is 1. The number of nitrogens with zero attached hydrogens (tertiary/aromatic N) is 3. The summed E-state index contributed by atoms with van der Waals surface area (Å²) in [6.07, 6.45) is 2.80. The molecule has 7 nitrogen and oxygen atoms in total. The standard InChI is InChI=1S/C22H24N4O3/c27-22(23-18-11-5-2-6-12-18)26-14-8-7-13-19(26)21-24-20(29-25-21)16-28-15-17-9-3-1-4-10-17/h1-6,9-12,19H,7-8,13-16H2,(H,23,27). The number of carbonyl (C=O) groups excluding carboxylic acids is 1. The van der Waals surface area contributed by atoms with Gasteiger partial charge >= 0.3 is 6.03 Å². The number of benzene rings is 2. The van der Waals surface area contributed by atoms with Gasteiger partial charge in [0.25, 0.3) is 5.89 Å². The number of amides is 2. The lowest BCUT2D eigenvalue weighted by Gasteiger charge is -2.33. The van der Waals surface area contributed by atoms with Gasteiger partial charge in [-0.25, -0.2) is 4.79 Å². The van der Waals surface area contributed by atoms with Crippen molar-refractivity contribution in [1.29, 1.82) is 0 Å². The van der Waals surface area contributed by atoms with Crippen LogP contribution in [0.25, 0.3) is 0 Å². The first kappa shape index (κ1) is 19.1. The molecule has 1 aliphatic heterocycles. The number of anilines is 1. The van der Waals surface area contributed by atoms with Crippen molar-refractivity contribution < 1.29 is 14.1 Å². The van der Waals surface area contributed by atoms with Crippen LogP contribution < -0.4 is 5.32 Å². The van der Waals surface area contributed by atoms with Gasteiger partial charge < -0.3 is 19.5 Å². The Kier molecular flexibility index (Phi) is 6.16. The van der Waals surface area contributed by atoms with Crippen LogP contribution in [-0.4, -0.2) is 27.6 Å². The van der Waals surface area contributed by atoms with Gasteiger partial charge in [0.2, 0.25) is 0 Å². The summed E-state index contributed by atoms with van der Waals surface area (Å²) >= 11 is 0. The summed E-state index contributed by atoms with van der Waals surface area (Å²) in [6.45, 7) is 1.39. The van der Waals surface area contributed by atoms with Crippen LogP contribution in [0.5, 0.6) is 0 Å². The van der Waals surface area contributed by atoms with Crippen LogP contribution in [0.15, 0.2) is 65.2 Å². The van der Waals surface area contributed by atoms with Gasteiger partial charge in [0, 0.05) is 12.2 Å². The van der Waals surface area contributed by atoms with Crippen LogP contribution >= 0.6 is 0 Å². The molecule has 1 aromatic heterocycles. The number of nitrogens with one attached hydrogen (secondary N) is 1. The van der Waals surface area contributed by atoms with Crippen molar-refractivity contribution in [3.8, 4) is 0 Å². The zero-order chi connectivity index (χ0) is 19.9. The second-order valence-corrected chi connectivity index (χ2v) is 7.03. The van der Waals surface area contributed by atoms with E-state index in [1.54, 1.807) is 4.90 Å². The van der Waals surface area contributed by atoms with E-state index < -0.39 is 0 Å². The Morgan fingerprint density at radius 2 is 1.83 bits per heavy atom. The molecule has 1 fully saturated rings. The van der Waals surface area contributed by atoms with Gasteiger partial charge in [-0.15, -0.1) is 0 Å². The predicted octanol–water partition coefficient (Wildman–Crippen LogP) is 4.55. The topological polar surface area (TPSA) is 80.5 Å². The molecule has 29 heavy (non-hydrogen) atoms. The molecule has 0 bridgehead atoms. The number of piperidine rings is 1. The van der Waals surface area contributed by atoms with Gasteiger partial charge in [0.05, 0.1) is 12.6 Å². The highest BCUT2D eigenvalue weighted by Gasteiger charge is 2.31. The molecule has 0 saturated carbocycles. The number of rotatable bonds is 6. The van der Waals surface area contributed by atoms with E-state index in [9.17, 15) is 4.79 Å². The van der Waals surface area contributed by atoms with E-state index >= 15 is 0 Å². The zero-order valence-corrected chi connectivity index (χ0v) is 16.2. The summed E-state index contributed by atoms with van der Waals surface area (Å²) in [7, 11) is 0. The van der Waals surface area contributed by atoms with E-state index in [1.807, 2.05) is 60.7 Å². The molecular formula is C22H24N4O3. The van der Waals surface area contributed by atoms with Gasteiger partial charge in [-0.1, -0.05) is 53.7 Å². The predicted molar refractivity (Wildman–Crippen MR) is 108 cm³/mol. The third kappa shape index (κ3) is 5.00. The molecule has 7 heteroatoms. The second-order valence-electron chi connectivity index (χ2n) is 7.03. The summed E-state index contributed by atoms with van der Waals surface area (Å²) in [6, 6.07) is 19.0. The van der Waals surface area contributed by atoms with Crippen LogP contribution in [0.4, 0.5) is 10.5 Å². The van der Waals surface area contributed by atoms with Crippen LogP contribution in [-0.2, 0) is 18.0 Å². The quantitative estimate of drug-likeness (QED) is 0.666. The number of urea groups is 1. The maximum atomic E-state index is 12.8. The number of hydrogen-bond donors (Lipinski definition) is 1. The van der Waals surface area contributed by atoms with E-state index in [0.29, 0.717) is 24.9 Å². The smallest absolute Gasteiger partial charge is 0.322 e. The first-order valence-corrected chi connectivity index (χ1v) is 9.86. The van der Waals surface area contributed by atoms with Crippen molar-refractivity contribution in [1.82, 2.24) is 15.0 Å². The maximum Gasteiger partial charge on any atom is 0.322 e. The number of para-hydroxylation sites is 1. The van der Waals surface area contributed by atoms with E-state index in [1.165, 1.54) is 0 Å². The highest BCUT2D eigenvalue weighted by molar-refractivity contribution is 5.89. The highest BCUT2D eigenvalue weighted by atomic mass is 16.5. The lowest BCUT2D eigenvalue weighted by Crippen LogP contribution is -2.41. The zero-order valence-electron chi connectivity index (χ0n) is 16.2. The van der Waals surface area contributed by atoms with Crippen molar-refractivity contribution in [2.75, 3.05) is 11.9 Å². The molecule has 2 heterocycles. The summed E-state index contributed by atoms with van der Waals surface area (Å²) in [5.74, 6) is 0.955. The van der Waals surface area contributed by atoms with E-state index in [2.05, 4.69) is 15.5 Å². The fourth-order valence-electron chi connectivity index (χ4n) is 3.45. The van der Waals surface area contributed by atoms with Crippen molar-refractivity contribution in [2.45, 2.75) is 38.5 Å². The van der Waals surface area contributed by atoms with Gasteiger partial charge in [0.15, 0.2) is 5.82 Å². The fourth-order valence-corrected chi connectivity index (χ4v) is 3.45. The SMILES string of the molecule is O=C(Nc1ccccc1)N1CCCCC1c1noc(COCc2ccccc2)n1. The Morgan fingerprint density at radius 1 is 1.07 bits per heavy atom. The Balaban J connectivity index is 1.37. The Bertz CT molecular complexity index is 914. The fraction of sp³-hybridized carbons (Fsp3) is 0.318. The molecule has 1 atom stereocenters. The Morgan fingerprint density at radius 3 is 2.62 bits per heavy atom. The summed E-state index contributed by atoms with van der Waals surface area (Å²) in [4.78, 5) is 19.1. The minimum Gasteiger partial charge on any atom is -0.367 e. The van der Waals surface area contributed by atoms with E-state index in [4.69, 9.17) is 9.26 Å². The minimum atomic E-state index is -0.195. The molecule has 150 valence electrons. The Hall–Kier alpha value is -3.19. The van der Waals surface area contributed by atoms with Crippen LogP contribution in [0, 0.1) is 0 Å². The largest absolute Gasteiger partial charge is 0.367 e.